The van der Waals surface area contributed by atoms with Crippen molar-refractivity contribution in [1.82, 2.24) is 4.98 Å². The number of carbonyl (C=O) groups excluding carboxylic acids is 1. The van der Waals surface area contributed by atoms with E-state index in [2.05, 4.69) is 9.98 Å². The predicted molar refractivity (Wildman–Crippen MR) is 93.6 cm³/mol. The van der Waals surface area contributed by atoms with Gasteiger partial charge in [-0.25, -0.2) is 18.2 Å². The van der Waals surface area contributed by atoms with Crippen LogP contribution in [0.3, 0.4) is 0 Å². The Hall–Kier alpha value is -2.61. The summed E-state index contributed by atoms with van der Waals surface area (Å²) in [5.41, 5.74) is 3.50. The predicted octanol–water partition coefficient (Wildman–Crippen LogP) is 3.49. The normalized spacial score (nSPS) is 19.5. The van der Waals surface area contributed by atoms with Crippen LogP contribution in [-0.4, -0.2) is 29.8 Å². The fourth-order valence-electron chi connectivity index (χ4n) is 2.90. The molecular weight excluding hydrogens is 383 g/mol. The Bertz CT molecular complexity index is 890. The second kappa shape index (κ2) is 7.56. The molecule has 5 nitrogen and oxygen atoms in total. The molecule has 0 radical (unpaired) electrons. The second-order valence-corrected chi connectivity index (χ2v) is 6.49. The monoisotopic (exact) mass is 397 g/mol. The van der Waals surface area contributed by atoms with E-state index in [4.69, 9.17) is 22.1 Å². The maximum atomic E-state index is 14.4. The SMILES string of the molecule is NC1=N[C@@](c2cc(CC(=O)c3ccc(Cl)cn3)ccc2F)(C(F)F)CCO1. The molecule has 3 rings (SSSR count). The molecule has 142 valence electrons. The summed E-state index contributed by atoms with van der Waals surface area (Å²) < 4.78 is 47.0. The average molecular weight is 398 g/mol. The molecule has 0 spiro atoms. The second-order valence-electron chi connectivity index (χ2n) is 6.05. The van der Waals surface area contributed by atoms with Crippen LogP contribution in [0.4, 0.5) is 13.2 Å². The highest BCUT2D eigenvalue weighted by atomic mass is 35.5. The third-order valence-electron chi connectivity index (χ3n) is 4.28. The van der Waals surface area contributed by atoms with Crippen LogP contribution in [0.25, 0.3) is 0 Å². The first-order valence-corrected chi connectivity index (χ1v) is 8.39. The van der Waals surface area contributed by atoms with Crippen LogP contribution < -0.4 is 5.73 Å². The number of Topliss-reactive ketones (excluding diaryl/α,β-unsaturated/α-hetero) is 1. The van der Waals surface area contributed by atoms with E-state index in [-0.39, 0.29) is 36.5 Å². The van der Waals surface area contributed by atoms with E-state index >= 15 is 0 Å². The van der Waals surface area contributed by atoms with Crippen molar-refractivity contribution in [3.8, 4) is 0 Å². The molecule has 0 amide bonds. The fraction of sp³-hybridized carbons (Fsp3) is 0.278. The first-order chi connectivity index (χ1) is 12.8. The number of benzene rings is 1. The largest absolute Gasteiger partial charge is 0.465 e. The van der Waals surface area contributed by atoms with E-state index in [9.17, 15) is 18.0 Å². The van der Waals surface area contributed by atoms with Gasteiger partial charge in [0.1, 0.15) is 11.5 Å². The molecule has 27 heavy (non-hydrogen) atoms. The Labute approximate surface area is 158 Å². The maximum absolute atomic E-state index is 14.4. The Morgan fingerprint density at radius 1 is 1.33 bits per heavy atom. The molecular formula is C18H15ClF3N3O2. The number of alkyl halides is 2. The number of rotatable bonds is 5. The number of hydrogen-bond donors (Lipinski definition) is 1. The number of carbonyl (C=O) groups is 1. The zero-order valence-electron chi connectivity index (χ0n) is 14.0. The van der Waals surface area contributed by atoms with Crippen LogP contribution in [0.2, 0.25) is 5.02 Å². The lowest BCUT2D eigenvalue weighted by Crippen LogP contribution is -2.41. The molecule has 1 aliphatic heterocycles. The van der Waals surface area contributed by atoms with Gasteiger partial charge in [-0.3, -0.25) is 9.78 Å². The van der Waals surface area contributed by atoms with Crippen molar-refractivity contribution in [2.24, 2.45) is 10.7 Å². The molecule has 0 bridgehead atoms. The number of aromatic nitrogens is 1. The highest BCUT2D eigenvalue weighted by molar-refractivity contribution is 6.30. The molecule has 0 unspecified atom stereocenters. The quantitative estimate of drug-likeness (QED) is 0.783. The molecule has 0 fully saturated rings. The summed E-state index contributed by atoms with van der Waals surface area (Å²) in [6.45, 7) is -0.114. The lowest BCUT2D eigenvalue weighted by Gasteiger charge is -2.33. The zero-order chi connectivity index (χ0) is 19.6. The third-order valence-corrected chi connectivity index (χ3v) is 4.50. The summed E-state index contributed by atoms with van der Waals surface area (Å²) >= 11 is 5.74. The van der Waals surface area contributed by atoms with Crippen LogP contribution in [0.15, 0.2) is 41.5 Å². The summed E-state index contributed by atoms with van der Waals surface area (Å²) in [5.74, 6) is -1.21. The Balaban J connectivity index is 1.95. The van der Waals surface area contributed by atoms with Crippen LogP contribution in [0, 0.1) is 5.82 Å². The van der Waals surface area contributed by atoms with Gasteiger partial charge in [-0.1, -0.05) is 17.7 Å². The molecule has 0 aliphatic carbocycles. The standard InChI is InChI=1S/C18H15ClF3N3O2/c19-11-2-4-14(24-9-11)15(26)8-10-1-3-13(20)12(7-10)18(16(21)22)5-6-27-17(23)25-18/h1-4,7,9,16H,5-6,8H2,(H2,23,25)/t18-/m0/s1. The van der Waals surface area contributed by atoms with E-state index in [1.807, 2.05) is 0 Å². The number of amidine groups is 1. The molecule has 1 atom stereocenters. The third kappa shape index (κ3) is 3.90. The minimum absolute atomic E-state index is 0.114. The molecule has 2 heterocycles. The highest BCUT2D eigenvalue weighted by Crippen LogP contribution is 2.40. The van der Waals surface area contributed by atoms with Crippen LogP contribution >= 0.6 is 11.6 Å². The van der Waals surface area contributed by atoms with Crippen molar-refractivity contribution in [3.63, 3.8) is 0 Å². The van der Waals surface area contributed by atoms with Crippen LogP contribution in [0.1, 0.15) is 28.0 Å². The number of ketones is 1. The van der Waals surface area contributed by atoms with E-state index in [0.717, 1.165) is 6.07 Å². The summed E-state index contributed by atoms with van der Waals surface area (Å²) in [7, 11) is 0. The molecule has 9 heteroatoms. The number of aliphatic imine (C=N–C) groups is 1. The lowest BCUT2D eigenvalue weighted by molar-refractivity contribution is 0.0246. The minimum Gasteiger partial charge on any atom is -0.465 e. The summed E-state index contributed by atoms with van der Waals surface area (Å²) in [6, 6.07) is 6.17. The first-order valence-electron chi connectivity index (χ1n) is 8.02. The van der Waals surface area contributed by atoms with Crippen molar-refractivity contribution in [1.29, 1.82) is 0 Å². The van der Waals surface area contributed by atoms with Gasteiger partial charge in [-0.05, 0) is 29.8 Å². The van der Waals surface area contributed by atoms with Gasteiger partial charge < -0.3 is 10.5 Å². The number of halogens is 4. The Morgan fingerprint density at radius 3 is 2.74 bits per heavy atom. The number of ether oxygens (including phenoxy) is 1. The number of hydrogen-bond acceptors (Lipinski definition) is 5. The van der Waals surface area contributed by atoms with E-state index in [1.54, 1.807) is 0 Å². The molecule has 2 N–H and O–H groups in total. The van der Waals surface area contributed by atoms with Crippen molar-refractivity contribution in [2.45, 2.75) is 24.8 Å². The van der Waals surface area contributed by atoms with Crippen molar-refractivity contribution in [2.75, 3.05) is 6.61 Å². The molecule has 1 aromatic carbocycles. The van der Waals surface area contributed by atoms with Crippen LogP contribution in [-0.2, 0) is 16.7 Å². The van der Waals surface area contributed by atoms with E-state index < -0.39 is 23.8 Å². The molecule has 1 aliphatic rings. The van der Waals surface area contributed by atoms with Crippen molar-refractivity contribution < 1.29 is 22.7 Å². The minimum atomic E-state index is -3.00. The number of pyridine rings is 1. The summed E-state index contributed by atoms with van der Waals surface area (Å²) in [6.07, 6.45) is -2.05. The maximum Gasteiger partial charge on any atom is 0.283 e. The Morgan fingerprint density at radius 2 is 2.11 bits per heavy atom. The van der Waals surface area contributed by atoms with Gasteiger partial charge in [0.05, 0.1) is 11.6 Å². The molecule has 1 aromatic heterocycles. The van der Waals surface area contributed by atoms with Gasteiger partial charge in [-0.2, -0.15) is 0 Å². The van der Waals surface area contributed by atoms with Gasteiger partial charge in [-0.15, -0.1) is 0 Å². The van der Waals surface area contributed by atoms with Gasteiger partial charge in [0.2, 0.25) is 0 Å². The van der Waals surface area contributed by atoms with E-state index in [0.29, 0.717) is 10.6 Å². The fourth-order valence-corrected chi connectivity index (χ4v) is 3.01. The lowest BCUT2D eigenvalue weighted by atomic mass is 9.85. The number of nitrogens with two attached hydrogens (primary N) is 1. The van der Waals surface area contributed by atoms with E-state index in [1.165, 1.54) is 30.5 Å². The van der Waals surface area contributed by atoms with Gasteiger partial charge in [0, 0.05) is 24.6 Å². The average Bonchev–Trinajstić information content (AvgIpc) is 2.63. The van der Waals surface area contributed by atoms with Gasteiger partial charge >= 0.3 is 0 Å². The first kappa shape index (κ1) is 19.2. The smallest absolute Gasteiger partial charge is 0.283 e. The topological polar surface area (TPSA) is 77.6 Å². The molecule has 0 saturated carbocycles. The summed E-state index contributed by atoms with van der Waals surface area (Å²) in [4.78, 5) is 20.0. The Kier molecular flexibility index (Phi) is 5.36. The van der Waals surface area contributed by atoms with Crippen LogP contribution in [0.5, 0.6) is 0 Å². The zero-order valence-corrected chi connectivity index (χ0v) is 14.7. The summed E-state index contributed by atoms with van der Waals surface area (Å²) in [5, 5.41) is 0.379. The number of nitrogens with zero attached hydrogens (tertiary/aromatic N) is 2. The van der Waals surface area contributed by atoms with Gasteiger partial charge in [0.15, 0.2) is 11.3 Å². The van der Waals surface area contributed by atoms with Crippen molar-refractivity contribution in [3.05, 3.63) is 64.2 Å². The molecule has 0 saturated heterocycles. The van der Waals surface area contributed by atoms with Crippen molar-refractivity contribution >= 4 is 23.4 Å². The highest BCUT2D eigenvalue weighted by Gasteiger charge is 2.46. The molecule has 2 aromatic rings. The van der Waals surface area contributed by atoms with Gasteiger partial charge in [0.25, 0.3) is 12.4 Å².